The summed E-state index contributed by atoms with van der Waals surface area (Å²) in [5.41, 5.74) is 0. The number of nitrogens with zero attached hydrogens (tertiary/aromatic N) is 1. The summed E-state index contributed by atoms with van der Waals surface area (Å²) in [7, 11) is 0. The third-order valence-electron chi connectivity index (χ3n) is 10.5. The Morgan fingerprint density at radius 3 is 1.32 bits per heavy atom. The zero-order chi connectivity index (χ0) is 36.8. The molecule has 0 spiro atoms. The Bertz CT molecular complexity index is 705. The van der Waals surface area contributed by atoms with Gasteiger partial charge < -0.3 is 14.6 Å². The minimum Gasteiger partial charge on any atom is -0.466 e. The van der Waals surface area contributed by atoms with E-state index < -0.39 is 0 Å². The van der Waals surface area contributed by atoms with Crippen molar-refractivity contribution in [3.05, 3.63) is 0 Å². The van der Waals surface area contributed by atoms with E-state index in [0.29, 0.717) is 26.1 Å². The number of unbranched alkanes of at least 4 members (excludes halogenated alkanes) is 20. The summed E-state index contributed by atoms with van der Waals surface area (Å²) in [5.74, 6) is 0.722. The van der Waals surface area contributed by atoms with Crippen molar-refractivity contribution in [2.75, 3.05) is 32.9 Å². The van der Waals surface area contributed by atoms with E-state index in [1.54, 1.807) is 0 Å². The Morgan fingerprint density at radius 1 is 0.480 bits per heavy atom. The van der Waals surface area contributed by atoms with Crippen molar-refractivity contribution in [1.82, 2.24) is 4.90 Å². The summed E-state index contributed by atoms with van der Waals surface area (Å²) < 4.78 is 11.0. The highest BCUT2D eigenvalue weighted by Crippen LogP contribution is 2.23. The van der Waals surface area contributed by atoms with Gasteiger partial charge in [-0.15, -0.1) is 0 Å². The van der Waals surface area contributed by atoms with Gasteiger partial charge in [-0.05, 0) is 70.9 Å². The van der Waals surface area contributed by atoms with Gasteiger partial charge in [0.15, 0.2) is 0 Å². The quantitative estimate of drug-likeness (QED) is 0.0504. The molecule has 0 amide bonds. The van der Waals surface area contributed by atoms with E-state index >= 15 is 0 Å². The Kier molecular flexibility index (Phi) is 38.2. The molecule has 0 saturated carbocycles. The van der Waals surface area contributed by atoms with E-state index in [1.807, 2.05) is 0 Å². The van der Waals surface area contributed by atoms with E-state index in [1.165, 1.54) is 116 Å². The van der Waals surface area contributed by atoms with E-state index in [0.717, 1.165) is 89.6 Å². The highest BCUT2D eigenvalue weighted by Gasteiger charge is 2.13. The first kappa shape index (κ1) is 48.9. The van der Waals surface area contributed by atoms with Crippen LogP contribution in [0, 0.1) is 5.92 Å². The molecule has 1 N–H and O–H groups in total. The van der Waals surface area contributed by atoms with Crippen molar-refractivity contribution in [2.45, 2.75) is 233 Å². The number of hydrogen-bond acceptors (Lipinski definition) is 6. The van der Waals surface area contributed by atoms with Crippen LogP contribution in [0.15, 0.2) is 0 Å². The van der Waals surface area contributed by atoms with Crippen molar-refractivity contribution in [2.24, 2.45) is 5.92 Å². The molecule has 0 heterocycles. The average Bonchev–Trinajstić information content (AvgIpc) is 3.12. The van der Waals surface area contributed by atoms with Gasteiger partial charge in [0.2, 0.25) is 0 Å². The van der Waals surface area contributed by atoms with E-state index in [2.05, 4.69) is 32.6 Å². The predicted molar refractivity (Wildman–Crippen MR) is 214 cm³/mol. The zero-order valence-electron chi connectivity index (χ0n) is 34.1. The fourth-order valence-corrected chi connectivity index (χ4v) is 7.00. The summed E-state index contributed by atoms with van der Waals surface area (Å²) in [5, 5.41) is 9.76. The third-order valence-corrected chi connectivity index (χ3v) is 10.5. The van der Waals surface area contributed by atoms with E-state index in [9.17, 15) is 14.7 Å². The molecule has 6 nitrogen and oxygen atoms in total. The fourth-order valence-electron chi connectivity index (χ4n) is 7.00. The predicted octanol–water partition coefficient (Wildman–Crippen LogP) is 12.5. The maximum Gasteiger partial charge on any atom is 0.305 e. The monoisotopic (exact) mass is 710 g/mol. The highest BCUT2D eigenvalue weighted by molar-refractivity contribution is 5.69. The van der Waals surface area contributed by atoms with Crippen LogP contribution in [0.5, 0.6) is 0 Å². The van der Waals surface area contributed by atoms with Gasteiger partial charge in [0.25, 0.3) is 0 Å². The molecule has 0 aromatic rings. The lowest BCUT2D eigenvalue weighted by Crippen LogP contribution is -2.37. The molecule has 50 heavy (non-hydrogen) atoms. The summed E-state index contributed by atoms with van der Waals surface area (Å²) in [4.78, 5) is 26.8. The molecule has 0 saturated heterocycles. The second-order valence-corrected chi connectivity index (χ2v) is 15.4. The Hall–Kier alpha value is -1.14. The summed E-state index contributed by atoms with van der Waals surface area (Å²) in [6, 6.07) is 0.156. The topological polar surface area (TPSA) is 76.1 Å². The molecule has 0 aromatic heterocycles. The lowest BCUT2D eigenvalue weighted by Gasteiger charge is -2.27. The SMILES string of the molecule is CCCCCCCCCCCOC(=O)CCCCCN(CCCCCCCC(=O)OCCCC(CCCCCC)CCCCCC)C(C)CO. The molecule has 0 aliphatic heterocycles. The first-order valence-electron chi connectivity index (χ1n) is 22.1. The molecule has 0 fully saturated rings. The number of aliphatic hydroxyl groups is 1. The standard InChI is InChI=1S/C44H87NO5/c1-5-8-11-14-15-16-17-21-29-38-49-43(47)35-26-22-28-37-45(41(4)40-46)36-27-20-18-19-25-34-44(48)50-39-30-33-42(31-23-12-9-6-2)32-24-13-10-7-3/h41-42,46H,5-40H2,1-4H3. The van der Waals surface area contributed by atoms with Crippen LogP contribution in [0.1, 0.15) is 227 Å². The van der Waals surface area contributed by atoms with Crippen molar-refractivity contribution >= 4 is 11.9 Å². The summed E-state index contributed by atoms with van der Waals surface area (Å²) in [6.07, 6.45) is 36.4. The smallest absolute Gasteiger partial charge is 0.305 e. The molecular weight excluding hydrogens is 622 g/mol. The van der Waals surface area contributed by atoms with Crippen LogP contribution in [0.4, 0.5) is 0 Å². The largest absolute Gasteiger partial charge is 0.466 e. The van der Waals surface area contributed by atoms with Crippen LogP contribution >= 0.6 is 0 Å². The van der Waals surface area contributed by atoms with E-state index in [4.69, 9.17) is 9.47 Å². The molecule has 0 rings (SSSR count). The molecule has 6 heteroatoms. The van der Waals surface area contributed by atoms with Gasteiger partial charge in [0, 0.05) is 18.9 Å². The van der Waals surface area contributed by atoms with Gasteiger partial charge in [-0.25, -0.2) is 0 Å². The van der Waals surface area contributed by atoms with Gasteiger partial charge in [-0.1, -0.05) is 162 Å². The molecule has 0 radical (unpaired) electrons. The number of carbonyl (C=O) groups excluding carboxylic acids is 2. The zero-order valence-corrected chi connectivity index (χ0v) is 34.1. The molecule has 0 aliphatic carbocycles. The summed E-state index contributed by atoms with van der Waals surface area (Å²) >= 11 is 0. The van der Waals surface area contributed by atoms with Gasteiger partial charge >= 0.3 is 11.9 Å². The van der Waals surface area contributed by atoms with Crippen molar-refractivity contribution in [3.63, 3.8) is 0 Å². The molecular formula is C44H87NO5. The minimum absolute atomic E-state index is 0.0255. The van der Waals surface area contributed by atoms with Gasteiger partial charge in [-0.3, -0.25) is 14.5 Å². The minimum atomic E-state index is -0.0523. The lowest BCUT2D eigenvalue weighted by molar-refractivity contribution is -0.144. The summed E-state index contributed by atoms with van der Waals surface area (Å²) in [6.45, 7) is 12.2. The number of esters is 2. The molecule has 1 unspecified atom stereocenters. The van der Waals surface area contributed by atoms with E-state index in [-0.39, 0.29) is 24.6 Å². The number of hydrogen-bond donors (Lipinski definition) is 1. The van der Waals surface area contributed by atoms with Crippen molar-refractivity contribution < 1.29 is 24.2 Å². The van der Waals surface area contributed by atoms with Crippen molar-refractivity contribution in [1.29, 1.82) is 0 Å². The van der Waals surface area contributed by atoms with Crippen LogP contribution < -0.4 is 0 Å². The third kappa shape index (κ3) is 34.0. The van der Waals surface area contributed by atoms with Crippen LogP contribution in [-0.4, -0.2) is 60.9 Å². The normalized spacial score (nSPS) is 12.2. The maximum absolute atomic E-state index is 12.3. The van der Waals surface area contributed by atoms with Gasteiger partial charge in [-0.2, -0.15) is 0 Å². The average molecular weight is 710 g/mol. The second kappa shape index (κ2) is 39.1. The fraction of sp³-hybridized carbons (Fsp3) is 0.955. The van der Waals surface area contributed by atoms with Crippen LogP contribution in [0.2, 0.25) is 0 Å². The Labute approximate surface area is 312 Å². The molecule has 0 bridgehead atoms. The molecule has 1 atom stereocenters. The molecule has 0 aliphatic rings. The van der Waals surface area contributed by atoms with Crippen LogP contribution in [-0.2, 0) is 19.1 Å². The first-order chi connectivity index (χ1) is 24.5. The Morgan fingerprint density at radius 2 is 0.840 bits per heavy atom. The van der Waals surface area contributed by atoms with Crippen LogP contribution in [0.3, 0.4) is 0 Å². The number of aliphatic hydroxyl groups excluding tert-OH is 1. The van der Waals surface area contributed by atoms with Crippen molar-refractivity contribution in [3.8, 4) is 0 Å². The van der Waals surface area contributed by atoms with Gasteiger partial charge in [0.05, 0.1) is 19.8 Å². The Balaban J connectivity index is 3.89. The first-order valence-corrected chi connectivity index (χ1v) is 22.1. The number of ether oxygens (including phenoxy) is 2. The van der Waals surface area contributed by atoms with Gasteiger partial charge in [0.1, 0.15) is 0 Å². The number of rotatable bonds is 40. The highest BCUT2D eigenvalue weighted by atomic mass is 16.5. The van der Waals surface area contributed by atoms with Crippen LogP contribution in [0.25, 0.3) is 0 Å². The molecule has 298 valence electrons. The maximum atomic E-state index is 12.3. The number of carbonyl (C=O) groups is 2. The second-order valence-electron chi connectivity index (χ2n) is 15.4. The molecule has 0 aromatic carbocycles. The lowest BCUT2D eigenvalue weighted by atomic mass is 9.91.